The molecule has 0 bridgehead atoms. The molecule has 3 heteroatoms. The summed E-state index contributed by atoms with van der Waals surface area (Å²) in [5.74, 6) is 0.745. The van der Waals surface area contributed by atoms with E-state index in [9.17, 15) is 4.79 Å². The van der Waals surface area contributed by atoms with Crippen LogP contribution in [0.5, 0.6) is 0 Å². The van der Waals surface area contributed by atoms with E-state index in [4.69, 9.17) is 5.73 Å². The molecule has 3 N–H and O–H groups in total. The third kappa shape index (κ3) is 2.72. The zero-order chi connectivity index (χ0) is 13.0. The number of carbonyl (C=O) groups excluding carboxylic acids is 1. The zero-order valence-corrected chi connectivity index (χ0v) is 11.0. The largest absolute Gasteiger partial charge is 0.355 e. The summed E-state index contributed by atoms with van der Waals surface area (Å²) in [6.45, 7) is 3.59. The van der Waals surface area contributed by atoms with Crippen molar-refractivity contribution in [3.05, 3.63) is 35.4 Å². The molecule has 2 atom stereocenters. The highest BCUT2D eigenvalue weighted by Gasteiger charge is 2.31. The number of amides is 1. The summed E-state index contributed by atoms with van der Waals surface area (Å²) in [4.78, 5) is 12.1. The Hall–Kier alpha value is -1.35. The van der Waals surface area contributed by atoms with Crippen molar-refractivity contribution in [3.63, 3.8) is 0 Å². The first-order valence-electron chi connectivity index (χ1n) is 6.81. The first-order valence-corrected chi connectivity index (χ1v) is 6.81. The van der Waals surface area contributed by atoms with Gasteiger partial charge in [-0.2, -0.15) is 0 Å². The summed E-state index contributed by atoms with van der Waals surface area (Å²) >= 11 is 0. The molecule has 1 aliphatic rings. The minimum Gasteiger partial charge on any atom is -0.355 e. The number of benzene rings is 1. The van der Waals surface area contributed by atoms with Gasteiger partial charge in [0.15, 0.2) is 0 Å². The highest BCUT2D eigenvalue weighted by molar-refractivity contribution is 5.86. The van der Waals surface area contributed by atoms with Crippen LogP contribution in [-0.4, -0.2) is 19.0 Å². The fourth-order valence-corrected chi connectivity index (χ4v) is 2.55. The summed E-state index contributed by atoms with van der Waals surface area (Å²) in [6.07, 6.45) is 2.94. The van der Waals surface area contributed by atoms with Crippen molar-refractivity contribution >= 4 is 5.91 Å². The Morgan fingerprint density at radius 1 is 1.50 bits per heavy atom. The standard InChI is InChI=1S/C15H22N2O/c1-2-11(7-8-16)10-17-15(18)14-9-12-5-3-4-6-13(12)14/h3-6,11,14H,2,7-10,16H2,1H3,(H,17,18). The second-order valence-corrected chi connectivity index (χ2v) is 5.05. The van der Waals surface area contributed by atoms with Gasteiger partial charge in [0.2, 0.25) is 5.91 Å². The minimum atomic E-state index is 0.0663. The molecule has 3 nitrogen and oxygen atoms in total. The van der Waals surface area contributed by atoms with Gasteiger partial charge in [-0.15, -0.1) is 0 Å². The van der Waals surface area contributed by atoms with Crippen LogP contribution in [0.2, 0.25) is 0 Å². The van der Waals surface area contributed by atoms with Gasteiger partial charge in [0.1, 0.15) is 0 Å². The molecule has 0 aliphatic heterocycles. The smallest absolute Gasteiger partial charge is 0.227 e. The first-order chi connectivity index (χ1) is 8.76. The van der Waals surface area contributed by atoms with E-state index in [0.717, 1.165) is 25.8 Å². The minimum absolute atomic E-state index is 0.0663. The highest BCUT2D eigenvalue weighted by atomic mass is 16.1. The summed E-state index contributed by atoms with van der Waals surface area (Å²) < 4.78 is 0. The van der Waals surface area contributed by atoms with Crippen LogP contribution in [0.25, 0.3) is 0 Å². The monoisotopic (exact) mass is 246 g/mol. The second-order valence-electron chi connectivity index (χ2n) is 5.05. The van der Waals surface area contributed by atoms with Crippen LogP contribution < -0.4 is 11.1 Å². The Labute approximate surface area is 109 Å². The van der Waals surface area contributed by atoms with Crippen LogP contribution in [0.4, 0.5) is 0 Å². The predicted molar refractivity (Wildman–Crippen MR) is 73.3 cm³/mol. The van der Waals surface area contributed by atoms with Crippen LogP contribution in [0, 0.1) is 5.92 Å². The Morgan fingerprint density at radius 2 is 2.28 bits per heavy atom. The number of rotatable bonds is 6. The van der Waals surface area contributed by atoms with E-state index >= 15 is 0 Å². The van der Waals surface area contributed by atoms with Crippen molar-refractivity contribution in [2.75, 3.05) is 13.1 Å². The average molecular weight is 246 g/mol. The molecule has 1 amide bonds. The van der Waals surface area contributed by atoms with Crippen LogP contribution in [0.1, 0.15) is 36.8 Å². The molecule has 0 saturated carbocycles. The predicted octanol–water partition coefficient (Wildman–Crippen LogP) is 1.82. The Balaban J connectivity index is 1.84. The molecule has 0 radical (unpaired) electrons. The van der Waals surface area contributed by atoms with Crippen molar-refractivity contribution < 1.29 is 4.79 Å². The van der Waals surface area contributed by atoms with Crippen molar-refractivity contribution in [1.82, 2.24) is 5.32 Å². The summed E-state index contributed by atoms with van der Waals surface area (Å²) in [5, 5.41) is 3.07. The van der Waals surface area contributed by atoms with Gasteiger partial charge in [-0.05, 0) is 36.4 Å². The molecule has 1 aromatic carbocycles. The molecule has 0 aromatic heterocycles. The summed E-state index contributed by atoms with van der Waals surface area (Å²) in [5.41, 5.74) is 8.07. The van der Waals surface area contributed by atoms with Crippen LogP contribution in [0.3, 0.4) is 0 Å². The lowest BCUT2D eigenvalue weighted by Gasteiger charge is -2.29. The zero-order valence-electron chi connectivity index (χ0n) is 11.0. The normalized spacial score (nSPS) is 18.7. The fraction of sp³-hybridized carbons (Fsp3) is 0.533. The molecular weight excluding hydrogens is 224 g/mol. The Morgan fingerprint density at radius 3 is 2.94 bits per heavy atom. The molecule has 0 heterocycles. The maximum atomic E-state index is 12.1. The van der Waals surface area contributed by atoms with Gasteiger partial charge in [0.05, 0.1) is 5.92 Å². The number of carbonyl (C=O) groups is 1. The van der Waals surface area contributed by atoms with Crippen molar-refractivity contribution in [3.8, 4) is 0 Å². The third-order valence-electron chi connectivity index (χ3n) is 3.89. The van der Waals surface area contributed by atoms with Gasteiger partial charge >= 0.3 is 0 Å². The van der Waals surface area contributed by atoms with E-state index in [-0.39, 0.29) is 11.8 Å². The lowest BCUT2D eigenvalue weighted by atomic mass is 9.77. The molecule has 0 saturated heterocycles. The maximum Gasteiger partial charge on any atom is 0.227 e. The number of nitrogens with one attached hydrogen (secondary N) is 1. The third-order valence-corrected chi connectivity index (χ3v) is 3.89. The Bertz CT molecular complexity index is 417. The summed E-state index contributed by atoms with van der Waals surface area (Å²) in [6, 6.07) is 8.19. The van der Waals surface area contributed by atoms with Gasteiger partial charge in [-0.1, -0.05) is 37.6 Å². The van der Waals surface area contributed by atoms with E-state index < -0.39 is 0 Å². The van der Waals surface area contributed by atoms with E-state index in [0.29, 0.717) is 12.5 Å². The van der Waals surface area contributed by atoms with Gasteiger partial charge in [0.25, 0.3) is 0 Å². The van der Waals surface area contributed by atoms with Crippen molar-refractivity contribution in [2.24, 2.45) is 11.7 Å². The van der Waals surface area contributed by atoms with E-state index in [2.05, 4.69) is 24.4 Å². The maximum absolute atomic E-state index is 12.1. The van der Waals surface area contributed by atoms with Crippen molar-refractivity contribution in [1.29, 1.82) is 0 Å². The van der Waals surface area contributed by atoms with Crippen molar-refractivity contribution in [2.45, 2.75) is 32.1 Å². The van der Waals surface area contributed by atoms with Gasteiger partial charge in [0, 0.05) is 6.54 Å². The molecule has 0 fully saturated rings. The number of fused-ring (bicyclic) bond motifs is 1. The van der Waals surface area contributed by atoms with E-state index in [1.165, 1.54) is 11.1 Å². The molecule has 98 valence electrons. The topological polar surface area (TPSA) is 55.1 Å². The molecule has 2 unspecified atom stereocenters. The van der Waals surface area contributed by atoms with Crippen LogP contribution >= 0.6 is 0 Å². The number of nitrogens with two attached hydrogens (primary N) is 1. The summed E-state index contributed by atoms with van der Waals surface area (Å²) in [7, 11) is 0. The highest BCUT2D eigenvalue weighted by Crippen LogP contribution is 2.34. The van der Waals surface area contributed by atoms with Gasteiger partial charge < -0.3 is 11.1 Å². The van der Waals surface area contributed by atoms with Crippen LogP contribution in [0.15, 0.2) is 24.3 Å². The van der Waals surface area contributed by atoms with E-state index in [1.54, 1.807) is 0 Å². The quantitative estimate of drug-likeness (QED) is 0.804. The van der Waals surface area contributed by atoms with Gasteiger partial charge in [-0.3, -0.25) is 4.79 Å². The fourth-order valence-electron chi connectivity index (χ4n) is 2.55. The van der Waals surface area contributed by atoms with Crippen LogP contribution in [-0.2, 0) is 11.2 Å². The second kappa shape index (κ2) is 6.01. The molecule has 0 spiro atoms. The lowest BCUT2D eigenvalue weighted by Crippen LogP contribution is -2.38. The van der Waals surface area contributed by atoms with E-state index in [1.807, 2.05) is 12.1 Å². The number of hydrogen-bond acceptors (Lipinski definition) is 2. The molecule has 18 heavy (non-hydrogen) atoms. The first kappa shape index (κ1) is 13.1. The molecule has 1 aromatic rings. The number of hydrogen-bond donors (Lipinski definition) is 2. The van der Waals surface area contributed by atoms with Gasteiger partial charge in [-0.25, -0.2) is 0 Å². The average Bonchev–Trinajstić information content (AvgIpc) is 2.36. The lowest BCUT2D eigenvalue weighted by molar-refractivity contribution is -0.123. The SMILES string of the molecule is CCC(CCN)CNC(=O)C1Cc2ccccc21. The molecule has 2 rings (SSSR count). The molecule has 1 aliphatic carbocycles. The molecular formula is C15H22N2O. The Kier molecular flexibility index (Phi) is 4.37.